The zero-order valence-corrected chi connectivity index (χ0v) is 10.3. The molecule has 88 valence electrons. The average Bonchev–Trinajstić information content (AvgIpc) is 2.68. The Bertz CT molecular complexity index is 585. The Kier molecular flexibility index (Phi) is 1.96. The van der Waals surface area contributed by atoms with Crippen molar-refractivity contribution in [1.29, 1.82) is 0 Å². The van der Waals surface area contributed by atoms with Crippen molar-refractivity contribution in [3.05, 3.63) is 30.0 Å². The predicted molar refractivity (Wildman–Crippen MR) is 69.9 cm³/mol. The zero-order chi connectivity index (χ0) is 12.2. The minimum absolute atomic E-state index is 0.302. The Morgan fingerprint density at radius 3 is 2.82 bits per heavy atom. The summed E-state index contributed by atoms with van der Waals surface area (Å²) in [5, 5.41) is 4.55. The molecular formula is C13H16N4. The minimum Gasteiger partial charge on any atom is -0.397 e. The maximum Gasteiger partial charge on any atom is 0.0997 e. The molecule has 0 saturated heterocycles. The fourth-order valence-electron chi connectivity index (χ4n) is 2.57. The van der Waals surface area contributed by atoms with Crippen LogP contribution in [-0.2, 0) is 7.05 Å². The molecule has 0 spiro atoms. The standard InChI is InChI=1S/C13H16N4/c1-8-10-7-16(2)15-12(10)9-5-4-6-11(14)13(9)17(8)3/h4-8H,14H2,1-3H3. The van der Waals surface area contributed by atoms with Gasteiger partial charge in [-0.15, -0.1) is 0 Å². The second-order valence-electron chi connectivity index (χ2n) is 4.64. The third kappa shape index (κ3) is 1.27. The van der Waals surface area contributed by atoms with Gasteiger partial charge in [-0.25, -0.2) is 0 Å². The molecule has 2 N–H and O–H groups in total. The van der Waals surface area contributed by atoms with Crippen molar-refractivity contribution in [2.45, 2.75) is 13.0 Å². The first-order valence-corrected chi connectivity index (χ1v) is 5.75. The van der Waals surface area contributed by atoms with Crippen LogP contribution in [0, 0.1) is 0 Å². The van der Waals surface area contributed by atoms with Gasteiger partial charge < -0.3 is 10.6 Å². The Morgan fingerprint density at radius 2 is 2.06 bits per heavy atom. The van der Waals surface area contributed by atoms with Crippen LogP contribution in [0.15, 0.2) is 24.4 Å². The molecule has 1 aliphatic heterocycles. The normalized spacial score (nSPS) is 17.8. The highest BCUT2D eigenvalue weighted by Crippen LogP contribution is 2.45. The summed E-state index contributed by atoms with van der Waals surface area (Å²) in [5.74, 6) is 0. The SMILES string of the molecule is CC1c2cn(C)nc2-c2cccc(N)c2N1C. The van der Waals surface area contributed by atoms with Gasteiger partial charge in [-0.05, 0) is 13.0 Å². The summed E-state index contributed by atoms with van der Waals surface area (Å²) in [6.07, 6.45) is 2.09. The van der Waals surface area contributed by atoms with Gasteiger partial charge in [0.05, 0.1) is 23.1 Å². The fraction of sp³-hybridized carbons (Fsp3) is 0.308. The van der Waals surface area contributed by atoms with Crippen molar-refractivity contribution in [2.75, 3.05) is 17.7 Å². The van der Waals surface area contributed by atoms with E-state index in [0.29, 0.717) is 6.04 Å². The molecule has 2 aromatic rings. The van der Waals surface area contributed by atoms with Crippen molar-refractivity contribution in [2.24, 2.45) is 7.05 Å². The lowest BCUT2D eigenvalue weighted by Gasteiger charge is -2.34. The van der Waals surface area contributed by atoms with E-state index in [1.165, 1.54) is 5.56 Å². The van der Waals surface area contributed by atoms with E-state index in [4.69, 9.17) is 5.73 Å². The van der Waals surface area contributed by atoms with Crippen LogP contribution in [0.2, 0.25) is 0 Å². The van der Waals surface area contributed by atoms with Crippen LogP contribution in [0.25, 0.3) is 11.3 Å². The molecule has 0 saturated carbocycles. The summed E-state index contributed by atoms with van der Waals surface area (Å²) >= 11 is 0. The van der Waals surface area contributed by atoms with Gasteiger partial charge in [-0.3, -0.25) is 4.68 Å². The summed E-state index contributed by atoms with van der Waals surface area (Å²) in [7, 11) is 4.03. The van der Waals surface area contributed by atoms with Crippen LogP contribution >= 0.6 is 0 Å². The van der Waals surface area contributed by atoms with E-state index in [0.717, 1.165) is 22.6 Å². The average molecular weight is 228 g/mol. The summed E-state index contributed by atoms with van der Waals surface area (Å²) in [5.41, 5.74) is 11.4. The number of nitrogen functional groups attached to an aromatic ring is 1. The van der Waals surface area contributed by atoms with E-state index in [-0.39, 0.29) is 0 Å². The first-order chi connectivity index (χ1) is 8.09. The third-order valence-corrected chi connectivity index (χ3v) is 3.56. The molecular weight excluding hydrogens is 212 g/mol. The maximum absolute atomic E-state index is 6.08. The van der Waals surface area contributed by atoms with Crippen LogP contribution in [0.5, 0.6) is 0 Å². The molecule has 1 aromatic carbocycles. The zero-order valence-electron chi connectivity index (χ0n) is 10.3. The van der Waals surface area contributed by atoms with Gasteiger partial charge >= 0.3 is 0 Å². The van der Waals surface area contributed by atoms with Crippen LogP contribution in [0.4, 0.5) is 11.4 Å². The van der Waals surface area contributed by atoms with Crippen LogP contribution in [0.3, 0.4) is 0 Å². The van der Waals surface area contributed by atoms with Crippen LogP contribution in [-0.4, -0.2) is 16.8 Å². The summed E-state index contributed by atoms with van der Waals surface area (Å²) < 4.78 is 1.87. The van der Waals surface area contributed by atoms with Gasteiger partial charge in [0.2, 0.25) is 0 Å². The number of nitrogens with two attached hydrogens (primary N) is 1. The summed E-state index contributed by atoms with van der Waals surface area (Å²) in [6, 6.07) is 6.31. The smallest absolute Gasteiger partial charge is 0.0997 e. The molecule has 1 atom stereocenters. The second kappa shape index (κ2) is 3.26. The monoisotopic (exact) mass is 228 g/mol. The molecule has 0 aliphatic carbocycles. The Morgan fingerprint density at radius 1 is 1.29 bits per heavy atom. The van der Waals surface area contributed by atoms with Crippen molar-refractivity contribution in [3.63, 3.8) is 0 Å². The van der Waals surface area contributed by atoms with Gasteiger partial charge in [0.15, 0.2) is 0 Å². The molecule has 1 unspecified atom stereocenters. The van der Waals surface area contributed by atoms with Gasteiger partial charge in [0, 0.05) is 31.4 Å². The largest absolute Gasteiger partial charge is 0.397 e. The first kappa shape index (κ1) is 10.2. The number of benzene rings is 1. The molecule has 1 aliphatic rings. The van der Waals surface area contributed by atoms with Crippen molar-refractivity contribution < 1.29 is 0 Å². The molecule has 0 bridgehead atoms. The summed E-state index contributed by atoms with van der Waals surface area (Å²) in [4.78, 5) is 2.22. The highest BCUT2D eigenvalue weighted by atomic mass is 15.3. The lowest BCUT2D eigenvalue weighted by molar-refractivity contribution is 0.730. The van der Waals surface area contributed by atoms with Gasteiger partial charge in [-0.2, -0.15) is 5.10 Å². The predicted octanol–water partition coefficient (Wildman–Crippen LogP) is 2.18. The lowest BCUT2D eigenvalue weighted by atomic mass is 9.94. The number of hydrogen-bond donors (Lipinski definition) is 1. The quantitative estimate of drug-likeness (QED) is 0.703. The number of fused-ring (bicyclic) bond motifs is 3. The van der Waals surface area contributed by atoms with E-state index in [2.05, 4.69) is 36.2 Å². The lowest BCUT2D eigenvalue weighted by Crippen LogP contribution is -2.26. The van der Waals surface area contributed by atoms with E-state index in [9.17, 15) is 0 Å². The molecule has 0 fully saturated rings. The molecule has 3 rings (SSSR count). The molecule has 17 heavy (non-hydrogen) atoms. The molecule has 0 radical (unpaired) electrons. The fourth-order valence-corrected chi connectivity index (χ4v) is 2.57. The van der Waals surface area contributed by atoms with E-state index in [1.54, 1.807) is 0 Å². The number of nitrogens with zero attached hydrogens (tertiary/aromatic N) is 3. The maximum atomic E-state index is 6.08. The Balaban J connectivity index is 2.35. The van der Waals surface area contributed by atoms with Crippen molar-refractivity contribution >= 4 is 11.4 Å². The Hall–Kier alpha value is -1.97. The van der Waals surface area contributed by atoms with Crippen LogP contribution in [0.1, 0.15) is 18.5 Å². The minimum atomic E-state index is 0.302. The third-order valence-electron chi connectivity index (χ3n) is 3.56. The number of hydrogen-bond acceptors (Lipinski definition) is 3. The second-order valence-corrected chi connectivity index (χ2v) is 4.64. The van der Waals surface area contributed by atoms with Crippen molar-refractivity contribution in [1.82, 2.24) is 9.78 Å². The van der Waals surface area contributed by atoms with Gasteiger partial charge in [-0.1, -0.05) is 12.1 Å². The Labute approximate surface area is 101 Å². The molecule has 0 amide bonds. The van der Waals surface area contributed by atoms with E-state index < -0.39 is 0 Å². The topological polar surface area (TPSA) is 47.1 Å². The van der Waals surface area contributed by atoms with Gasteiger partial charge in [0.1, 0.15) is 0 Å². The van der Waals surface area contributed by atoms with Crippen molar-refractivity contribution in [3.8, 4) is 11.3 Å². The number of para-hydroxylation sites is 1. The number of anilines is 2. The molecule has 4 heteroatoms. The molecule has 2 heterocycles. The summed E-state index contributed by atoms with van der Waals surface area (Å²) in [6.45, 7) is 2.18. The highest BCUT2D eigenvalue weighted by molar-refractivity contribution is 5.89. The van der Waals surface area contributed by atoms with Crippen LogP contribution < -0.4 is 10.6 Å². The molecule has 4 nitrogen and oxygen atoms in total. The number of rotatable bonds is 0. The van der Waals surface area contributed by atoms with E-state index >= 15 is 0 Å². The molecule has 1 aromatic heterocycles. The highest BCUT2D eigenvalue weighted by Gasteiger charge is 2.29. The number of aromatic nitrogens is 2. The first-order valence-electron chi connectivity index (χ1n) is 5.75. The van der Waals surface area contributed by atoms with Gasteiger partial charge in [0.25, 0.3) is 0 Å². The van der Waals surface area contributed by atoms with E-state index in [1.807, 2.05) is 23.9 Å². The number of aryl methyl sites for hydroxylation is 1.